The van der Waals surface area contributed by atoms with Crippen molar-refractivity contribution in [2.75, 3.05) is 0 Å². The van der Waals surface area contributed by atoms with Gasteiger partial charge < -0.3 is 10.3 Å². The molecule has 0 aliphatic rings. The van der Waals surface area contributed by atoms with E-state index in [-0.39, 0.29) is 11.3 Å². The van der Waals surface area contributed by atoms with Crippen LogP contribution >= 0.6 is 11.3 Å². The molecule has 0 saturated carbocycles. The first-order chi connectivity index (χ1) is 9.00. The number of rotatable bonds is 6. The van der Waals surface area contributed by atoms with Crippen LogP contribution in [0, 0.1) is 10.8 Å². The minimum atomic E-state index is -0.219. The van der Waals surface area contributed by atoms with E-state index in [1.54, 1.807) is 11.3 Å². The fraction of sp³-hybridized carbons (Fsp3) is 0.429. The maximum Gasteiger partial charge on any atom is 0.149 e. The van der Waals surface area contributed by atoms with Crippen LogP contribution in [-0.4, -0.2) is 15.4 Å². The second-order valence-corrected chi connectivity index (χ2v) is 6.27. The first-order valence-electron chi connectivity index (χ1n) is 6.40. The number of aryl methyl sites for hydroxylation is 1. The van der Waals surface area contributed by atoms with E-state index in [9.17, 15) is 0 Å². The van der Waals surface area contributed by atoms with E-state index in [4.69, 9.17) is 11.1 Å². The first kappa shape index (κ1) is 13.8. The van der Waals surface area contributed by atoms with Gasteiger partial charge in [-0.1, -0.05) is 19.9 Å². The molecule has 3 N–H and O–H groups in total. The third-order valence-electron chi connectivity index (χ3n) is 3.39. The summed E-state index contributed by atoms with van der Waals surface area (Å²) in [5, 5.41) is 9.63. The molecule has 0 spiro atoms. The third-order valence-corrected chi connectivity index (χ3v) is 4.25. The largest absolute Gasteiger partial charge is 0.387 e. The average Bonchev–Trinajstić information content (AvgIpc) is 2.97. The van der Waals surface area contributed by atoms with Crippen molar-refractivity contribution in [1.82, 2.24) is 9.55 Å². The van der Waals surface area contributed by atoms with Crippen LogP contribution in [0.3, 0.4) is 0 Å². The number of aromatic nitrogens is 2. The lowest BCUT2D eigenvalue weighted by molar-refractivity contribution is 0.430. The Labute approximate surface area is 117 Å². The highest BCUT2D eigenvalue weighted by atomic mass is 32.1. The summed E-state index contributed by atoms with van der Waals surface area (Å²) in [5.74, 6) is 1.28. The fourth-order valence-corrected chi connectivity index (χ4v) is 2.68. The van der Waals surface area contributed by atoms with Crippen molar-refractivity contribution < 1.29 is 0 Å². The molecule has 2 aromatic rings. The van der Waals surface area contributed by atoms with Crippen LogP contribution in [0.2, 0.25) is 0 Å². The van der Waals surface area contributed by atoms with Crippen LogP contribution in [0.25, 0.3) is 10.7 Å². The molecule has 102 valence electrons. The number of hydrogen-bond acceptors (Lipinski definition) is 3. The number of hydrogen-bond donors (Lipinski definition) is 2. The molecule has 0 bridgehead atoms. The number of nitrogens with one attached hydrogen (secondary N) is 1. The van der Waals surface area contributed by atoms with E-state index in [0.29, 0.717) is 0 Å². The minimum absolute atomic E-state index is 0.219. The third kappa shape index (κ3) is 3.23. The van der Waals surface area contributed by atoms with Crippen molar-refractivity contribution in [1.29, 1.82) is 5.41 Å². The van der Waals surface area contributed by atoms with Crippen LogP contribution in [-0.2, 0) is 6.54 Å². The molecule has 2 heterocycles. The fourth-order valence-electron chi connectivity index (χ4n) is 1.95. The maximum atomic E-state index is 7.57. The van der Waals surface area contributed by atoms with Crippen molar-refractivity contribution in [2.24, 2.45) is 11.1 Å². The number of thiophene rings is 1. The molecule has 0 aliphatic carbocycles. The molecule has 0 unspecified atom stereocenters. The zero-order chi connectivity index (χ0) is 13.9. The standard InChI is InChI=1S/C14H20N4S/c1-14(2,13(15)16)6-4-8-18-9-7-17-12(18)11-5-3-10-19-11/h3,5,7,9-10H,4,6,8H2,1-2H3,(H3,15,16). The van der Waals surface area contributed by atoms with Crippen LogP contribution in [0.5, 0.6) is 0 Å². The van der Waals surface area contributed by atoms with Gasteiger partial charge in [0.05, 0.1) is 10.7 Å². The van der Waals surface area contributed by atoms with Gasteiger partial charge in [0.25, 0.3) is 0 Å². The Bertz CT molecular complexity index is 540. The van der Waals surface area contributed by atoms with Gasteiger partial charge in [-0.05, 0) is 24.3 Å². The Balaban J connectivity index is 1.98. The second-order valence-electron chi connectivity index (χ2n) is 5.32. The molecule has 0 saturated heterocycles. The summed E-state index contributed by atoms with van der Waals surface area (Å²) in [6.45, 7) is 4.94. The zero-order valence-corrected chi connectivity index (χ0v) is 12.2. The van der Waals surface area contributed by atoms with Crippen LogP contribution in [0.4, 0.5) is 0 Å². The van der Waals surface area contributed by atoms with E-state index >= 15 is 0 Å². The van der Waals surface area contributed by atoms with Crippen LogP contribution in [0.1, 0.15) is 26.7 Å². The van der Waals surface area contributed by atoms with Gasteiger partial charge in [0.1, 0.15) is 5.82 Å². The molecule has 0 radical (unpaired) electrons. The van der Waals surface area contributed by atoms with Crippen molar-refractivity contribution in [2.45, 2.75) is 33.2 Å². The summed E-state index contributed by atoms with van der Waals surface area (Å²) in [5.41, 5.74) is 5.38. The smallest absolute Gasteiger partial charge is 0.149 e. The predicted octanol–water partition coefficient (Wildman–Crippen LogP) is 3.35. The molecule has 2 rings (SSSR count). The number of imidazole rings is 1. The Morgan fingerprint density at radius 1 is 1.53 bits per heavy atom. The van der Waals surface area contributed by atoms with Crippen molar-refractivity contribution in [3.8, 4) is 10.7 Å². The van der Waals surface area contributed by atoms with E-state index < -0.39 is 0 Å². The van der Waals surface area contributed by atoms with Gasteiger partial charge in [-0.25, -0.2) is 4.98 Å². The summed E-state index contributed by atoms with van der Waals surface area (Å²) in [6.07, 6.45) is 5.74. The van der Waals surface area contributed by atoms with Gasteiger partial charge in [0.2, 0.25) is 0 Å². The monoisotopic (exact) mass is 276 g/mol. The SMILES string of the molecule is CC(C)(CCCn1ccnc1-c1cccs1)C(=N)N. The molecular formula is C14H20N4S. The lowest BCUT2D eigenvalue weighted by atomic mass is 9.87. The van der Waals surface area contributed by atoms with E-state index in [0.717, 1.165) is 25.2 Å². The summed E-state index contributed by atoms with van der Waals surface area (Å²) in [4.78, 5) is 5.61. The molecule has 0 aromatic carbocycles. The highest BCUT2D eigenvalue weighted by molar-refractivity contribution is 7.13. The first-order valence-corrected chi connectivity index (χ1v) is 7.28. The van der Waals surface area contributed by atoms with E-state index in [1.807, 2.05) is 32.3 Å². The molecule has 0 atom stereocenters. The normalized spacial score (nSPS) is 11.7. The molecule has 2 aromatic heterocycles. The molecule has 0 amide bonds. The zero-order valence-electron chi connectivity index (χ0n) is 11.4. The van der Waals surface area contributed by atoms with E-state index in [1.165, 1.54) is 4.88 Å². The van der Waals surface area contributed by atoms with Crippen molar-refractivity contribution in [3.63, 3.8) is 0 Å². The lowest BCUT2D eigenvalue weighted by Crippen LogP contribution is -2.30. The second kappa shape index (κ2) is 5.57. The number of nitrogens with two attached hydrogens (primary N) is 1. The maximum absolute atomic E-state index is 7.57. The summed E-state index contributed by atoms with van der Waals surface area (Å²) in [6, 6.07) is 4.13. The number of nitrogens with zero attached hydrogens (tertiary/aromatic N) is 2. The summed E-state index contributed by atoms with van der Waals surface area (Å²) < 4.78 is 2.17. The molecule has 5 heteroatoms. The van der Waals surface area contributed by atoms with Crippen LogP contribution < -0.4 is 5.73 Å². The van der Waals surface area contributed by atoms with Gasteiger partial charge in [-0.15, -0.1) is 11.3 Å². The number of amidine groups is 1. The minimum Gasteiger partial charge on any atom is -0.387 e. The lowest BCUT2D eigenvalue weighted by Gasteiger charge is -2.22. The quantitative estimate of drug-likeness (QED) is 0.627. The summed E-state index contributed by atoms with van der Waals surface area (Å²) in [7, 11) is 0. The van der Waals surface area contributed by atoms with Gasteiger partial charge in [0, 0.05) is 24.4 Å². The van der Waals surface area contributed by atoms with E-state index in [2.05, 4.69) is 21.0 Å². The molecule has 4 nitrogen and oxygen atoms in total. The Morgan fingerprint density at radius 2 is 2.32 bits per heavy atom. The Hall–Kier alpha value is -1.62. The van der Waals surface area contributed by atoms with Crippen LogP contribution in [0.15, 0.2) is 29.9 Å². The molecular weight excluding hydrogens is 256 g/mol. The highest BCUT2D eigenvalue weighted by Crippen LogP contribution is 2.25. The van der Waals surface area contributed by atoms with Crippen molar-refractivity contribution in [3.05, 3.63) is 29.9 Å². The van der Waals surface area contributed by atoms with Crippen molar-refractivity contribution >= 4 is 17.2 Å². The molecule has 19 heavy (non-hydrogen) atoms. The summed E-state index contributed by atoms with van der Waals surface area (Å²) >= 11 is 1.70. The Morgan fingerprint density at radius 3 is 2.95 bits per heavy atom. The highest BCUT2D eigenvalue weighted by Gasteiger charge is 2.21. The van der Waals surface area contributed by atoms with Gasteiger partial charge in [0.15, 0.2) is 0 Å². The van der Waals surface area contributed by atoms with Gasteiger partial charge in [-0.3, -0.25) is 5.41 Å². The topological polar surface area (TPSA) is 67.7 Å². The van der Waals surface area contributed by atoms with Gasteiger partial charge in [-0.2, -0.15) is 0 Å². The Kier molecular flexibility index (Phi) is 4.04. The molecule has 0 aliphatic heterocycles. The molecule has 0 fully saturated rings. The average molecular weight is 276 g/mol. The van der Waals surface area contributed by atoms with Gasteiger partial charge >= 0.3 is 0 Å². The predicted molar refractivity (Wildman–Crippen MR) is 80.5 cm³/mol.